The van der Waals surface area contributed by atoms with Crippen molar-refractivity contribution in [3.63, 3.8) is 0 Å². The Hall–Kier alpha value is -3.56. The summed E-state index contributed by atoms with van der Waals surface area (Å²) in [5.41, 5.74) is 1.89. The maximum absolute atomic E-state index is 13.1. The number of nitrogens with one attached hydrogen (secondary N) is 2. The molecule has 8 nitrogen and oxygen atoms in total. The van der Waals surface area contributed by atoms with E-state index in [2.05, 4.69) is 20.6 Å². The Labute approximate surface area is 199 Å². The fourth-order valence-electron chi connectivity index (χ4n) is 3.53. The quantitative estimate of drug-likeness (QED) is 0.343. The zero-order valence-electron chi connectivity index (χ0n) is 19.3. The standard InChI is InChI=1S/C25H29BN4O4/c1-17(2)13-22(26(33)34)30-25(32)21(14-18-9-5-3-6-10-18)29-24(31)20-15-27-23(28-16-20)19-11-7-4-8-12-19/h3-12,15-17,21-22,33-34H,13-14H2,1-2H3,(H,29,31)(H,30,32)/t21-,22-/m0/s1. The molecule has 4 N–H and O–H groups in total. The second-order valence-electron chi connectivity index (χ2n) is 8.54. The smallest absolute Gasteiger partial charge is 0.426 e. The Bertz CT molecular complexity index is 1060. The van der Waals surface area contributed by atoms with Crippen molar-refractivity contribution in [3.8, 4) is 11.4 Å². The first-order valence-electron chi connectivity index (χ1n) is 11.2. The van der Waals surface area contributed by atoms with Crippen molar-refractivity contribution in [2.24, 2.45) is 5.92 Å². The van der Waals surface area contributed by atoms with E-state index in [-0.39, 0.29) is 17.9 Å². The van der Waals surface area contributed by atoms with Crippen molar-refractivity contribution in [3.05, 3.63) is 84.2 Å². The summed E-state index contributed by atoms with van der Waals surface area (Å²) >= 11 is 0. The van der Waals surface area contributed by atoms with Crippen LogP contribution in [0.25, 0.3) is 11.4 Å². The van der Waals surface area contributed by atoms with Gasteiger partial charge in [0.25, 0.3) is 5.91 Å². The highest BCUT2D eigenvalue weighted by molar-refractivity contribution is 6.43. The van der Waals surface area contributed by atoms with Crippen LogP contribution in [0.3, 0.4) is 0 Å². The number of carbonyl (C=O) groups excluding carboxylic acids is 2. The minimum atomic E-state index is -1.71. The van der Waals surface area contributed by atoms with E-state index in [1.54, 1.807) is 0 Å². The number of aromatic nitrogens is 2. The number of benzene rings is 2. The van der Waals surface area contributed by atoms with E-state index in [0.29, 0.717) is 12.2 Å². The van der Waals surface area contributed by atoms with Gasteiger partial charge in [-0.3, -0.25) is 9.59 Å². The molecule has 2 aromatic carbocycles. The van der Waals surface area contributed by atoms with E-state index in [9.17, 15) is 19.6 Å². The lowest BCUT2D eigenvalue weighted by Gasteiger charge is -2.24. The molecule has 3 aromatic rings. The van der Waals surface area contributed by atoms with Crippen LogP contribution in [0.4, 0.5) is 0 Å². The molecule has 176 valence electrons. The van der Waals surface area contributed by atoms with Crippen LogP contribution in [0, 0.1) is 5.92 Å². The fourth-order valence-corrected chi connectivity index (χ4v) is 3.53. The van der Waals surface area contributed by atoms with Crippen LogP contribution in [0.15, 0.2) is 73.1 Å². The Morgan fingerprint density at radius 2 is 1.50 bits per heavy atom. The van der Waals surface area contributed by atoms with E-state index in [1.165, 1.54) is 12.4 Å². The van der Waals surface area contributed by atoms with Gasteiger partial charge in [0.2, 0.25) is 5.91 Å². The lowest BCUT2D eigenvalue weighted by Crippen LogP contribution is -2.55. The summed E-state index contributed by atoms with van der Waals surface area (Å²) in [6, 6.07) is 17.7. The largest absolute Gasteiger partial charge is 0.475 e. The highest BCUT2D eigenvalue weighted by Crippen LogP contribution is 2.14. The first kappa shape index (κ1) is 25.1. The Kier molecular flexibility index (Phi) is 8.89. The third-order valence-corrected chi connectivity index (χ3v) is 5.26. The zero-order chi connectivity index (χ0) is 24.5. The molecular formula is C25H29BN4O4. The summed E-state index contributed by atoms with van der Waals surface area (Å²) in [4.78, 5) is 34.5. The minimum Gasteiger partial charge on any atom is -0.426 e. The second-order valence-corrected chi connectivity index (χ2v) is 8.54. The van der Waals surface area contributed by atoms with Gasteiger partial charge >= 0.3 is 7.12 Å². The van der Waals surface area contributed by atoms with E-state index >= 15 is 0 Å². The van der Waals surface area contributed by atoms with Crippen LogP contribution < -0.4 is 10.6 Å². The molecule has 2 atom stereocenters. The molecule has 0 aliphatic rings. The van der Waals surface area contributed by atoms with Gasteiger partial charge in [-0.2, -0.15) is 0 Å². The molecule has 1 heterocycles. The molecule has 0 fully saturated rings. The molecule has 1 aromatic heterocycles. The summed E-state index contributed by atoms with van der Waals surface area (Å²) < 4.78 is 0. The highest BCUT2D eigenvalue weighted by Gasteiger charge is 2.30. The maximum Gasteiger partial charge on any atom is 0.475 e. The lowest BCUT2D eigenvalue weighted by atomic mass is 9.75. The van der Waals surface area contributed by atoms with Crippen LogP contribution in [0.1, 0.15) is 36.2 Å². The van der Waals surface area contributed by atoms with Crippen molar-refractivity contribution in [1.29, 1.82) is 0 Å². The average Bonchev–Trinajstić information content (AvgIpc) is 2.84. The summed E-state index contributed by atoms with van der Waals surface area (Å²) in [6.07, 6.45) is 3.45. The van der Waals surface area contributed by atoms with E-state index in [1.807, 2.05) is 74.5 Å². The molecule has 0 radical (unpaired) electrons. The van der Waals surface area contributed by atoms with Gasteiger partial charge in [-0.25, -0.2) is 9.97 Å². The van der Waals surface area contributed by atoms with Gasteiger partial charge in [0.15, 0.2) is 5.82 Å². The van der Waals surface area contributed by atoms with Gasteiger partial charge in [0.1, 0.15) is 6.04 Å². The summed E-state index contributed by atoms with van der Waals surface area (Å²) in [5, 5.41) is 24.8. The van der Waals surface area contributed by atoms with Gasteiger partial charge in [-0.1, -0.05) is 74.5 Å². The maximum atomic E-state index is 13.1. The molecule has 2 amide bonds. The van der Waals surface area contributed by atoms with Crippen LogP contribution in [0.2, 0.25) is 0 Å². The number of amides is 2. The number of carbonyl (C=O) groups is 2. The zero-order valence-corrected chi connectivity index (χ0v) is 19.3. The molecule has 0 aliphatic carbocycles. The predicted octanol–water partition coefficient (Wildman–Crippen LogP) is 2.03. The Balaban J connectivity index is 1.76. The normalized spacial score (nSPS) is 12.6. The van der Waals surface area contributed by atoms with Crippen molar-refractivity contribution >= 4 is 18.9 Å². The molecule has 0 spiro atoms. The summed E-state index contributed by atoms with van der Waals surface area (Å²) in [6.45, 7) is 3.84. The first-order valence-corrected chi connectivity index (χ1v) is 11.2. The topological polar surface area (TPSA) is 124 Å². The number of hydrogen-bond acceptors (Lipinski definition) is 6. The predicted molar refractivity (Wildman–Crippen MR) is 130 cm³/mol. The van der Waals surface area contributed by atoms with E-state index in [0.717, 1.165) is 11.1 Å². The Morgan fingerprint density at radius 3 is 2.06 bits per heavy atom. The van der Waals surface area contributed by atoms with E-state index in [4.69, 9.17) is 0 Å². The average molecular weight is 460 g/mol. The Morgan fingerprint density at radius 1 is 0.912 bits per heavy atom. The molecule has 0 bridgehead atoms. The third kappa shape index (κ3) is 7.23. The molecule has 0 saturated heterocycles. The first-order chi connectivity index (χ1) is 16.3. The van der Waals surface area contributed by atoms with Crippen molar-refractivity contribution < 1.29 is 19.6 Å². The monoisotopic (exact) mass is 460 g/mol. The van der Waals surface area contributed by atoms with Gasteiger partial charge in [0.05, 0.1) is 11.5 Å². The summed E-state index contributed by atoms with van der Waals surface area (Å²) in [7, 11) is -1.71. The lowest BCUT2D eigenvalue weighted by molar-refractivity contribution is -0.123. The molecule has 9 heteroatoms. The molecule has 3 rings (SSSR count). The third-order valence-electron chi connectivity index (χ3n) is 5.26. The van der Waals surface area contributed by atoms with Gasteiger partial charge < -0.3 is 20.7 Å². The SMILES string of the molecule is CC(C)C[C@H](NC(=O)[C@H](Cc1ccccc1)NC(=O)c1cnc(-c2ccccc2)nc1)B(O)O. The molecular weight excluding hydrogens is 431 g/mol. The van der Waals surface area contributed by atoms with Crippen molar-refractivity contribution in [2.45, 2.75) is 38.7 Å². The molecule has 34 heavy (non-hydrogen) atoms. The van der Waals surface area contributed by atoms with E-state index < -0.39 is 30.9 Å². The highest BCUT2D eigenvalue weighted by atomic mass is 16.4. The fraction of sp³-hybridized carbons (Fsp3) is 0.280. The minimum absolute atomic E-state index is 0.134. The van der Waals surface area contributed by atoms with Crippen molar-refractivity contribution in [1.82, 2.24) is 20.6 Å². The number of nitrogens with zero attached hydrogens (tertiary/aromatic N) is 2. The van der Waals surface area contributed by atoms with Gasteiger partial charge in [-0.05, 0) is 17.9 Å². The molecule has 0 unspecified atom stereocenters. The number of hydrogen-bond donors (Lipinski definition) is 4. The van der Waals surface area contributed by atoms with Crippen LogP contribution in [0.5, 0.6) is 0 Å². The number of rotatable bonds is 10. The second kappa shape index (κ2) is 12.1. The van der Waals surface area contributed by atoms with Gasteiger partial charge in [0, 0.05) is 24.4 Å². The summed E-state index contributed by atoms with van der Waals surface area (Å²) in [5.74, 6) is -1.23. The molecule has 0 aliphatic heterocycles. The van der Waals surface area contributed by atoms with Crippen molar-refractivity contribution in [2.75, 3.05) is 0 Å². The van der Waals surface area contributed by atoms with Crippen LogP contribution in [-0.2, 0) is 11.2 Å². The van der Waals surface area contributed by atoms with Crippen LogP contribution in [-0.4, -0.2) is 50.9 Å². The molecule has 0 saturated carbocycles. The van der Waals surface area contributed by atoms with Crippen LogP contribution >= 0.6 is 0 Å². The van der Waals surface area contributed by atoms with Gasteiger partial charge in [-0.15, -0.1) is 0 Å².